The maximum Gasteiger partial charge on any atom is 0.472 e. The van der Waals surface area contributed by atoms with Crippen LogP contribution in [0.1, 0.15) is 466 Å². The highest BCUT2D eigenvalue weighted by Crippen LogP contribution is 2.45. The molecule has 0 aliphatic rings. The maximum absolute atomic E-state index is 13.2. The van der Waals surface area contributed by atoms with E-state index in [-0.39, 0.29) is 25.7 Å². The average molecular weight is 1580 g/mol. The van der Waals surface area contributed by atoms with Gasteiger partial charge in [0.05, 0.1) is 26.4 Å². The Morgan fingerprint density at radius 2 is 0.444 bits per heavy atom. The number of aliphatic hydroxyl groups is 1. The molecule has 0 aromatic carbocycles. The minimum absolute atomic E-state index is 0.107. The first kappa shape index (κ1) is 106. The Morgan fingerprint density at radius 3 is 0.657 bits per heavy atom. The monoisotopic (exact) mass is 1580 g/mol. The molecule has 19 heteroatoms. The molecule has 3 N–H and O–H groups in total. The van der Waals surface area contributed by atoms with Crippen molar-refractivity contribution in [1.82, 2.24) is 0 Å². The summed E-state index contributed by atoms with van der Waals surface area (Å²) in [6.45, 7) is 14.4. The van der Waals surface area contributed by atoms with Crippen LogP contribution in [0.25, 0.3) is 0 Å². The van der Waals surface area contributed by atoms with Gasteiger partial charge in [0.2, 0.25) is 0 Å². The predicted octanol–water partition coefficient (Wildman–Crippen LogP) is 27.1. The third-order valence-electron chi connectivity index (χ3n) is 21.5. The number of carbonyl (C=O) groups is 4. The van der Waals surface area contributed by atoms with Crippen molar-refractivity contribution in [2.24, 2.45) is 23.7 Å². The van der Waals surface area contributed by atoms with Crippen LogP contribution in [0.5, 0.6) is 0 Å². The summed E-state index contributed by atoms with van der Waals surface area (Å²) in [5.41, 5.74) is 0. The number of esters is 4. The van der Waals surface area contributed by atoms with E-state index in [0.29, 0.717) is 25.7 Å². The normalized spacial score (nSPS) is 14.4. The molecule has 17 nitrogen and oxygen atoms in total. The highest BCUT2D eigenvalue weighted by molar-refractivity contribution is 7.47. The number of phosphoric ester groups is 2. The minimum Gasteiger partial charge on any atom is -0.462 e. The second kappa shape index (κ2) is 77.6. The number of unbranched alkanes of at least 4 members (excludes halogenated alkanes) is 50. The van der Waals surface area contributed by atoms with Crippen LogP contribution in [-0.4, -0.2) is 96.7 Å². The van der Waals surface area contributed by atoms with Crippen LogP contribution in [0.3, 0.4) is 0 Å². The molecule has 0 aromatic rings. The second-order valence-corrected chi connectivity index (χ2v) is 36.3. The summed E-state index contributed by atoms with van der Waals surface area (Å²) in [6, 6.07) is 0. The third kappa shape index (κ3) is 79.3. The molecule has 108 heavy (non-hydrogen) atoms. The fourth-order valence-corrected chi connectivity index (χ4v) is 15.4. The van der Waals surface area contributed by atoms with E-state index in [1.807, 2.05) is 0 Å². The zero-order valence-corrected chi connectivity index (χ0v) is 73.3. The van der Waals surface area contributed by atoms with E-state index in [1.54, 1.807) is 0 Å². The van der Waals surface area contributed by atoms with Gasteiger partial charge in [-0.1, -0.05) is 415 Å². The van der Waals surface area contributed by atoms with E-state index in [0.717, 1.165) is 114 Å². The van der Waals surface area contributed by atoms with Gasteiger partial charge in [0.1, 0.15) is 19.3 Å². The first-order valence-corrected chi connectivity index (χ1v) is 48.8. The van der Waals surface area contributed by atoms with Gasteiger partial charge in [0.25, 0.3) is 0 Å². The highest BCUT2D eigenvalue weighted by atomic mass is 31.2. The van der Waals surface area contributed by atoms with Crippen molar-refractivity contribution < 1.29 is 80.2 Å². The van der Waals surface area contributed by atoms with Gasteiger partial charge < -0.3 is 33.8 Å². The molecular formula is C89H174O17P2. The van der Waals surface area contributed by atoms with E-state index in [4.69, 9.17) is 37.0 Å². The van der Waals surface area contributed by atoms with Gasteiger partial charge in [-0.3, -0.25) is 37.3 Å². The standard InChI is InChI=1S/C89H174O17P2/c1-9-81(7)67-59-51-43-35-29-23-18-20-24-30-36-45-53-61-69-86(91)99-75-84(105-88(93)71-63-55-47-37-31-25-16-14-12-11-13-15-21-27-33-41-49-57-65-79(3)4)77-103-107(95,96)101-73-83(90)74-102-108(97,98)104-78-85(76-100-87(92)70-62-54-46-40-39-44-52-60-68-82(8)10-2)106-89(94)72-64-56-48-38-32-26-19-17-22-28-34-42-50-58-66-80(5)6/h79-85,90H,9-78H2,1-8H3,(H,95,96)(H,97,98)/t81?,82?,83-,84-,85-/m1/s1. The molecule has 0 bridgehead atoms. The highest BCUT2D eigenvalue weighted by Gasteiger charge is 2.31. The number of aliphatic hydroxyl groups excluding tert-OH is 1. The molecule has 0 spiro atoms. The van der Waals surface area contributed by atoms with Crippen molar-refractivity contribution in [3.63, 3.8) is 0 Å². The quantitative estimate of drug-likeness (QED) is 0.0222. The van der Waals surface area contributed by atoms with E-state index >= 15 is 0 Å². The topological polar surface area (TPSA) is 237 Å². The summed E-state index contributed by atoms with van der Waals surface area (Å²) in [4.78, 5) is 73.4. The Labute approximate surface area is 664 Å². The molecule has 0 saturated carbocycles. The molecule has 642 valence electrons. The van der Waals surface area contributed by atoms with Crippen LogP contribution in [0, 0.1) is 23.7 Å². The number of ether oxygens (including phenoxy) is 4. The molecule has 0 aliphatic heterocycles. The van der Waals surface area contributed by atoms with Crippen molar-refractivity contribution in [2.75, 3.05) is 39.6 Å². The Bertz CT molecular complexity index is 2100. The zero-order chi connectivity index (χ0) is 79.5. The Hall–Kier alpha value is -1.94. The summed E-state index contributed by atoms with van der Waals surface area (Å²) in [5, 5.41) is 10.7. The Morgan fingerprint density at radius 1 is 0.259 bits per heavy atom. The van der Waals surface area contributed by atoms with Gasteiger partial charge in [-0.05, 0) is 49.4 Å². The van der Waals surface area contributed by atoms with Crippen molar-refractivity contribution in [3.8, 4) is 0 Å². The lowest BCUT2D eigenvalue weighted by Gasteiger charge is -2.21. The van der Waals surface area contributed by atoms with E-state index < -0.39 is 97.5 Å². The third-order valence-corrected chi connectivity index (χ3v) is 23.4. The first-order chi connectivity index (χ1) is 52.2. The molecular weight excluding hydrogens is 1400 g/mol. The number of phosphoric acid groups is 2. The molecule has 4 unspecified atom stereocenters. The lowest BCUT2D eigenvalue weighted by Crippen LogP contribution is -2.30. The summed E-state index contributed by atoms with van der Waals surface area (Å²) in [5.74, 6) is 1.14. The van der Waals surface area contributed by atoms with Gasteiger partial charge in [-0.25, -0.2) is 9.13 Å². The minimum atomic E-state index is -4.97. The maximum atomic E-state index is 13.2. The van der Waals surface area contributed by atoms with Crippen LogP contribution in [0.2, 0.25) is 0 Å². The Kier molecular flexibility index (Phi) is 76.2. The smallest absolute Gasteiger partial charge is 0.462 e. The van der Waals surface area contributed by atoms with Crippen molar-refractivity contribution in [2.45, 2.75) is 485 Å². The van der Waals surface area contributed by atoms with Crippen LogP contribution in [0.4, 0.5) is 0 Å². The lowest BCUT2D eigenvalue weighted by atomic mass is 9.99. The van der Waals surface area contributed by atoms with Gasteiger partial charge in [0.15, 0.2) is 12.2 Å². The van der Waals surface area contributed by atoms with Gasteiger partial charge in [-0.15, -0.1) is 0 Å². The Balaban J connectivity index is 5.26. The molecule has 0 aliphatic carbocycles. The fourth-order valence-electron chi connectivity index (χ4n) is 13.8. The van der Waals surface area contributed by atoms with E-state index in [2.05, 4.69) is 55.4 Å². The van der Waals surface area contributed by atoms with Crippen LogP contribution < -0.4 is 0 Å². The molecule has 0 saturated heterocycles. The number of hydrogen-bond donors (Lipinski definition) is 3. The van der Waals surface area contributed by atoms with E-state index in [1.165, 1.54) is 270 Å². The molecule has 0 aromatic heterocycles. The van der Waals surface area contributed by atoms with Gasteiger partial charge in [0, 0.05) is 25.7 Å². The molecule has 0 amide bonds. The molecule has 7 atom stereocenters. The van der Waals surface area contributed by atoms with Crippen LogP contribution in [0.15, 0.2) is 0 Å². The molecule has 0 fully saturated rings. The SMILES string of the molecule is CCC(C)CCCCCCCCCCCCCCCCC(=O)OC[C@H](COP(=O)(O)OC[C@@H](O)COP(=O)(O)OC[C@@H](COC(=O)CCCCCCCCCCC(C)CC)OC(=O)CCCCCCCCCCCCCCCCC(C)C)OC(=O)CCCCCCCCCCCCCCCCCCCCC(C)C. The van der Waals surface area contributed by atoms with Crippen molar-refractivity contribution in [3.05, 3.63) is 0 Å². The van der Waals surface area contributed by atoms with Gasteiger partial charge >= 0.3 is 39.5 Å². The summed E-state index contributed by atoms with van der Waals surface area (Å²) < 4.78 is 69.0. The van der Waals surface area contributed by atoms with Crippen LogP contribution >= 0.6 is 15.6 Å². The van der Waals surface area contributed by atoms with Crippen molar-refractivity contribution in [1.29, 1.82) is 0 Å². The number of carbonyl (C=O) groups excluding carboxylic acids is 4. The molecule has 0 radical (unpaired) electrons. The first-order valence-electron chi connectivity index (χ1n) is 45.8. The zero-order valence-electron chi connectivity index (χ0n) is 71.5. The number of hydrogen-bond acceptors (Lipinski definition) is 15. The summed E-state index contributed by atoms with van der Waals surface area (Å²) >= 11 is 0. The largest absolute Gasteiger partial charge is 0.472 e. The second-order valence-electron chi connectivity index (χ2n) is 33.4. The summed E-state index contributed by atoms with van der Waals surface area (Å²) in [7, 11) is -9.94. The van der Waals surface area contributed by atoms with Crippen molar-refractivity contribution >= 4 is 39.5 Å². The fraction of sp³-hybridized carbons (Fsp3) is 0.955. The van der Waals surface area contributed by atoms with Gasteiger partial charge in [-0.2, -0.15) is 0 Å². The van der Waals surface area contributed by atoms with Crippen LogP contribution in [-0.2, 0) is 65.4 Å². The molecule has 0 heterocycles. The predicted molar refractivity (Wildman–Crippen MR) is 446 cm³/mol. The summed E-state index contributed by atoms with van der Waals surface area (Å²) in [6.07, 6.45) is 67.9. The average Bonchev–Trinajstić information content (AvgIpc) is 0.901. The number of rotatable bonds is 86. The van der Waals surface area contributed by atoms with E-state index in [9.17, 15) is 43.2 Å². The lowest BCUT2D eigenvalue weighted by molar-refractivity contribution is -0.161. The molecule has 0 rings (SSSR count).